The number of allylic oxidation sites excluding steroid dienone is 1. The number of carbonyl (C=O) groups is 2. The highest BCUT2D eigenvalue weighted by Gasteiger charge is 2.35. The molecule has 2 saturated heterocycles. The van der Waals surface area contributed by atoms with Gasteiger partial charge in [-0.1, -0.05) is 12.1 Å². The lowest BCUT2D eigenvalue weighted by atomic mass is 9.84. The van der Waals surface area contributed by atoms with Gasteiger partial charge < -0.3 is 14.5 Å². The molecule has 0 atom stereocenters. The molecule has 0 radical (unpaired) electrons. The first-order valence-corrected chi connectivity index (χ1v) is 11.8. The Hall–Kier alpha value is -2.49. The summed E-state index contributed by atoms with van der Waals surface area (Å²) in [5.41, 5.74) is 3.18. The van der Waals surface area contributed by atoms with Crippen molar-refractivity contribution in [2.24, 2.45) is 0 Å². The lowest BCUT2D eigenvalue weighted by Gasteiger charge is -2.41. The molecular weight excluding hydrogens is 402 g/mol. The number of nitriles is 1. The van der Waals surface area contributed by atoms with Crippen LogP contribution in [0.3, 0.4) is 0 Å². The highest BCUT2D eigenvalue weighted by Crippen LogP contribution is 2.37. The minimum absolute atomic E-state index is 0.132. The fourth-order valence-corrected chi connectivity index (χ4v) is 5.12. The molecule has 0 N–H and O–H groups in total. The zero-order valence-electron chi connectivity index (χ0n) is 19.3. The van der Waals surface area contributed by atoms with Gasteiger partial charge in [0.2, 0.25) is 0 Å². The molecule has 0 amide bonds. The molecule has 1 aromatic rings. The summed E-state index contributed by atoms with van der Waals surface area (Å²) in [6.45, 7) is 6.79. The number of Topliss-reactive ketones (excluding diaryl/α,β-unsaturated/α-hetero) is 2. The number of rotatable bonds is 7. The standard InChI is InChI=1S/C26H33N3O3/c1-26(32-2)9-14-29(15-10-26)25-21-16-20(8-7-19(21)17-24(31)22(25)18-27)23(30)6-5-13-28-11-3-4-12-28/h7-8,16H,3-6,9-15,17H2,1-2H3. The Bertz CT molecular complexity index is 961. The third-order valence-corrected chi connectivity index (χ3v) is 7.37. The van der Waals surface area contributed by atoms with Gasteiger partial charge in [-0.15, -0.1) is 0 Å². The van der Waals surface area contributed by atoms with E-state index in [9.17, 15) is 14.9 Å². The average Bonchev–Trinajstić information content (AvgIpc) is 3.32. The molecule has 0 aromatic heterocycles. The van der Waals surface area contributed by atoms with Crippen LogP contribution in [-0.2, 0) is 16.0 Å². The van der Waals surface area contributed by atoms with Crippen molar-refractivity contribution in [2.45, 2.75) is 57.5 Å². The van der Waals surface area contributed by atoms with E-state index < -0.39 is 0 Å². The van der Waals surface area contributed by atoms with Crippen LogP contribution in [0.1, 0.15) is 66.9 Å². The fraction of sp³-hybridized carbons (Fsp3) is 0.577. The molecule has 0 unspecified atom stereocenters. The van der Waals surface area contributed by atoms with E-state index in [0.29, 0.717) is 30.8 Å². The average molecular weight is 436 g/mol. The van der Waals surface area contributed by atoms with Gasteiger partial charge in [-0.3, -0.25) is 9.59 Å². The number of carbonyl (C=O) groups excluding carboxylic acids is 2. The van der Waals surface area contributed by atoms with Crippen molar-refractivity contribution in [3.63, 3.8) is 0 Å². The van der Waals surface area contributed by atoms with Crippen LogP contribution in [-0.4, -0.2) is 66.8 Å². The maximum Gasteiger partial charge on any atom is 0.179 e. The largest absolute Gasteiger partial charge is 0.378 e. The van der Waals surface area contributed by atoms with E-state index in [1.807, 2.05) is 18.2 Å². The van der Waals surface area contributed by atoms with E-state index in [0.717, 1.165) is 50.0 Å². The Morgan fingerprint density at radius 2 is 1.91 bits per heavy atom. The van der Waals surface area contributed by atoms with E-state index in [4.69, 9.17) is 4.74 Å². The molecule has 2 fully saturated rings. The second-order valence-corrected chi connectivity index (χ2v) is 9.52. The number of ketones is 2. The second kappa shape index (κ2) is 9.56. The Morgan fingerprint density at radius 1 is 1.19 bits per heavy atom. The monoisotopic (exact) mass is 435 g/mol. The molecule has 2 aliphatic heterocycles. The number of hydrogen-bond acceptors (Lipinski definition) is 6. The fourth-order valence-electron chi connectivity index (χ4n) is 5.12. The van der Waals surface area contributed by atoms with Crippen LogP contribution in [0.15, 0.2) is 23.8 Å². The number of hydrogen-bond donors (Lipinski definition) is 0. The maximum absolute atomic E-state index is 12.9. The lowest BCUT2D eigenvalue weighted by Crippen LogP contribution is -2.43. The Kier molecular flexibility index (Phi) is 6.78. The highest BCUT2D eigenvalue weighted by molar-refractivity contribution is 6.10. The van der Waals surface area contributed by atoms with Crippen molar-refractivity contribution < 1.29 is 14.3 Å². The van der Waals surface area contributed by atoms with E-state index in [1.165, 1.54) is 12.8 Å². The van der Waals surface area contributed by atoms with Gasteiger partial charge in [-0.25, -0.2) is 0 Å². The van der Waals surface area contributed by atoms with Crippen molar-refractivity contribution in [1.29, 1.82) is 5.26 Å². The Balaban J connectivity index is 1.55. The summed E-state index contributed by atoms with van der Waals surface area (Å²) < 4.78 is 5.66. The van der Waals surface area contributed by atoms with Crippen LogP contribution in [0, 0.1) is 11.3 Å². The Morgan fingerprint density at radius 3 is 2.56 bits per heavy atom. The predicted octanol–water partition coefficient (Wildman–Crippen LogP) is 3.61. The summed E-state index contributed by atoms with van der Waals surface area (Å²) in [5.74, 6) is -0.00729. The van der Waals surface area contributed by atoms with Crippen molar-refractivity contribution in [1.82, 2.24) is 9.80 Å². The third kappa shape index (κ3) is 4.65. The molecule has 1 aromatic carbocycles. The number of fused-ring (bicyclic) bond motifs is 1. The van der Waals surface area contributed by atoms with Crippen LogP contribution in [0.25, 0.3) is 5.70 Å². The van der Waals surface area contributed by atoms with E-state index >= 15 is 0 Å². The number of benzene rings is 1. The molecule has 6 heteroatoms. The zero-order chi connectivity index (χ0) is 22.7. The van der Waals surface area contributed by atoms with Crippen molar-refractivity contribution >= 4 is 17.3 Å². The lowest BCUT2D eigenvalue weighted by molar-refractivity contribution is -0.114. The molecule has 0 spiro atoms. The summed E-state index contributed by atoms with van der Waals surface area (Å²) in [5, 5.41) is 9.78. The summed E-state index contributed by atoms with van der Waals surface area (Å²) in [6.07, 6.45) is 5.77. The van der Waals surface area contributed by atoms with Crippen LogP contribution < -0.4 is 0 Å². The number of methoxy groups -OCH3 is 1. The minimum Gasteiger partial charge on any atom is -0.378 e. The van der Waals surface area contributed by atoms with E-state index in [-0.39, 0.29) is 29.2 Å². The van der Waals surface area contributed by atoms with Crippen molar-refractivity contribution in [3.8, 4) is 6.07 Å². The second-order valence-electron chi connectivity index (χ2n) is 9.52. The topological polar surface area (TPSA) is 73.6 Å². The first kappa shape index (κ1) is 22.7. The summed E-state index contributed by atoms with van der Waals surface area (Å²) in [7, 11) is 1.73. The molecule has 4 rings (SSSR count). The molecule has 0 bridgehead atoms. The summed E-state index contributed by atoms with van der Waals surface area (Å²) in [6, 6.07) is 7.82. The number of nitrogens with zero attached hydrogens (tertiary/aromatic N) is 3. The molecule has 0 saturated carbocycles. The molecule has 3 aliphatic rings. The van der Waals surface area contributed by atoms with Gasteiger partial charge in [0.05, 0.1) is 11.3 Å². The summed E-state index contributed by atoms with van der Waals surface area (Å²) >= 11 is 0. The molecule has 1 aliphatic carbocycles. The van der Waals surface area contributed by atoms with Crippen LogP contribution in [0.4, 0.5) is 0 Å². The van der Waals surface area contributed by atoms with Gasteiger partial charge in [0.15, 0.2) is 11.6 Å². The Labute approximate surface area is 190 Å². The smallest absolute Gasteiger partial charge is 0.179 e. The molecule has 6 nitrogen and oxygen atoms in total. The highest BCUT2D eigenvalue weighted by atomic mass is 16.5. The van der Waals surface area contributed by atoms with E-state index in [1.54, 1.807) is 7.11 Å². The first-order chi connectivity index (χ1) is 15.4. The van der Waals surface area contributed by atoms with Crippen molar-refractivity contribution in [2.75, 3.05) is 39.8 Å². The van der Waals surface area contributed by atoms with Crippen LogP contribution in [0.5, 0.6) is 0 Å². The van der Waals surface area contributed by atoms with Gasteiger partial charge in [0, 0.05) is 44.2 Å². The number of likely N-dealkylation sites (tertiary alicyclic amines) is 2. The quantitative estimate of drug-likeness (QED) is 0.609. The number of piperidine rings is 1. The minimum atomic E-state index is -0.182. The van der Waals surface area contributed by atoms with E-state index in [2.05, 4.69) is 22.8 Å². The van der Waals surface area contributed by atoms with Crippen molar-refractivity contribution in [3.05, 3.63) is 40.5 Å². The van der Waals surface area contributed by atoms with Gasteiger partial charge >= 0.3 is 0 Å². The van der Waals surface area contributed by atoms with Crippen LogP contribution >= 0.6 is 0 Å². The third-order valence-electron chi connectivity index (χ3n) is 7.37. The molecule has 170 valence electrons. The number of ether oxygens (including phenoxy) is 1. The van der Waals surface area contributed by atoms with Gasteiger partial charge in [0.25, 0.3) is 0 Å². The van der Waals surface area contributed by atoms with Gasteiger partial charge in [0.1, 0.15) is 11.6 Å². The summed E-state index contributed by atoms with van der Waals surface area (Å²) in [4.78, 5) is 30.2. The SMILES string of the molecule is COC1(C)CCN(C2=C(C#N)C(=O)Cc3ccc(C(=O)CCCN4CCCC4)cc32)CC1. The molecular formula is C26H33N3O3. The van der Waals surface area contributed by atoms with Gasteiger partial charge in [-0.05, 0) is 70.3 Å². The molecule has 2 heterocycles. The normalized spacial score (nSPS) is 20.9. The molecule has 32 heavy (non-hydrogen) atoms. The first-order valence-electron chi connectivity index (χ1n) is 11.8. The maximum atomic E-state index is 12.9. The van der Waals surface area contributed by atoms with Gasteiger partial charge in [-0.2, -0.15) is 5.26 Å². The van der Waals surface area contributed by atoms with Crippen LogP contribution in [0.2, 0.25) is 0 Å². The predicted molar refractivity (Wildman–Crippen MR) is 123 cm³/mol. The zero-order valence-corrected chi connectivity index (χ0v) is 19.3.